The maximum atomic E-state index is 13.2. The lowest BCUT2D eigenvalue weighted by Gasteiger charge is -2.05. The molecule has 0 aliphatic heterocycles. The maximum Gasteiger partial charge on any atom is 0.254 e. The van der Waals surface area contributed by atoms with Gasteiger partial charge >= 0.3 is 0 Å². The first kappa shape index (κ1) is 12.4. The number of amides is 1. The Labute approximate surface area is 93.3 Å². The number of phenolic OH excluding ortho intramolecular Hbond substituents is 1. The zero-order chi connectivity index (χ0) is 12.0. The molecule has 88 valence electrons. The van der Waals surface area contributed by atoms with Crippen molar-refractivity contribution in [1.29, 1.82) is 0 Å². The second kappa shape index (κ2) is 6.07. The van der Waals surface area contributed by atoms with Crippen LogP contribution in [0.5, 0.6) is 5.75 Å². The number of halogens is 1. The molecule has 0 unspecified atom stereocenters. The normalized spacial score (nSPS) is 10.1. The van der Waals surface area contributed by atoms with Gasteiger partial charge in [-0.2, -0.15) is 0 Å². The van der Waals surface area contributed by atoms with E-state index in [1.807, 2.05) is 0 Å². The highest BCUT2D eigenvalue weighted by molar-refractivity contribution is 5.94. The smallest absolute Gasteiger partial charge is 0.254 e. The van der Waals surface area contributed by atoms with Gasteiger partial charge in [-0.3, -0.25) is 4.79 Å². The molecule has 0 saturated carbocycles. The van der Waals surface area contributed by atoms with Gasteiger partial charge in [0.2, 0.25) is 0 Å². The maximum absolute atomic E-state index is 13.2. The Kier molecular flexibility index (Phi) is 4.72. The first-order chi connectivity index (χ1) is 7.65. The SMILES string of the molecule is NCCCCNC(=O)c1ccc(O)cc1F. The highest BCUT2D eigenvalue weighted by Gasteiger charge is 2.11. The molecule has 0 aromatic heterocycles. The highest BCUT2D eigenvalue weighted by Crippen LogP contribution is 2.14. The predicted molar refractivity (Wildman–Crippen MR) is 58.7 cm³/mol. The largest absolute Gasteiger partial charge is 0.508 e. The number of carbonyl (C=O) groups excluding carboxylic acids is 1. The van der Waals surface area contributed by atoms with E-state index in [9.17, 15) is 9.18 Å². The fraction of sp³-hybridized carbons (Fsp3) is 0.364. The molecule has 0 bridgehead atoms. The number of hydrogen-bond donors (Lipinski definition) is 3. The van der Waals surface area contributed by atoms with Crippen LogP contribution in [0.4, 0.5) is 4.39 Å². The van der Waals surface area contributed by atoms with Gasteiger partial charge in [0.05, 0.1) is 5.56 Å². The average molecular weight is 226 g/mol. The van der Waals surface area contributed by atoms with Crippen LogP contribution in [-0.2, 0) is 0 Å². The first-order valence-electron chi connectivity index (χ1n) is 5.12. The first-order valence-corrected chi connectivity index (χ1v) is 5.12. The molecule has 0 aliphatic carbocycles. The fourth-order valence-electron chi connectivity index (χ4n) is 1.25. The van der Waals surface area contributed by atoms with E-state index in [-0.39, 0.29) is 11.3 Å². The van der Waals surface area contributed by atoms with E-state index in [0.29, 0.717) is 13.1 Å². The van der Waals surface area contributed by atoms with Crippen LogP contribution in [0, 0.1) is 5.82 Å². The molecule has 4 nitrogen and oxygen atoms in total. The Morgan fingerprint density at radius 1 is 1.44 bits per heavy atom. The summed E-state index contributed by atoms with van der Waals surface area (Å²) in [7, 11) is 0. The Morgan fingerprint density at radius 2 is 2.19 bits per heavy atom. The Hall–Kier alpha value is -1.62. The van der Waals surface area contributed by atoms with Crippen LogP contribution in [0.1, 0.15) is 23.2 Å². The standard InChI is InChI=1S/C11H15FN2O2/c12-10-7-8(15)3-4-9(10)11(16)14-6-2-1-5-13/h3-4,7,15H,1-2,5-6,13H2,(H,14,16). The monoisotopic (exact) mass is 226 g/mol. The van der Waals surface area contributed by atoms with Crippen molar-refractivity contribution in [3.63, 3.8) is 0 Å². The number of unbranched alkanes of at least 4 members (excludes halogenated alkanes) is 1. The number of nitrogens with two attached hydrogens (primary N) is 1. The third-order valence-electron chi connectivity index (χ3n) is 2.11. The van der Waals surface area contributed by atoms with Gasteiger partial charge in [0, 0.05) is 12.6 Å². The molecule has 0 aliphatic rings. The van der Waals surface area contributed by atoms with E-state index in [1.165, 1.54) is 12.1 Å². The molecule has 0 fully saturated rings. The number of nitrogens with one attached hydrogen (secondary N) is 1. The molecule has 5 heteroatoms. The van der Waals surface area contributed by atoms with Crippen molar-refractivity contribution in [3.8, 4) is 5.75 Å². The van der Waals surface area contributed by atoms with Crippen LogP contribution < -0.4 is 11.1 Å². The summed E-state index contributed by atoms with van der Waals surface area (Å²) in [6, 6.07) is 3.44. The lowest BCUT2D eigenvalue weighted by atomic mass is 10.2. The van der Waals surface area contributed by atoms with E-state index in [1.54, 1.807) is 0 Å². The van der Waals surface area contributed by atoms with Crippen molar-refractivity contribution >= 4 is 5.91 Å². The van der Waals surface area contributed by atoms with Crippen molar-refractivity contribution in [3.05, 3.63) is 29.6 Å². The highest BCUT2D eigenvalue weighted by atomic mass is 19.1. The van der Waals surface area contributed by atoms with Gasteiger partial charge in [0.15, 0.2) is 0 Å². The minimum Gasteiger partial charge on any atom is -0.508 e. The lowest BCUT2D eigenvalue weighted by molar-refractivity contribution is 0.0949. The number of aromatic hydroxyl groups is 1. The summed E-state index contributed by atoms with van der Waals surface area (Å²) in [5.41, 5.74) is 5.23. The summed E-state index contributed by atoms with van der Waals surface area (Å²) in [6.45, 7) is 1.04. The summed E-state index contributed by atoms with van der Waals surface area (Å²) < 4.78 is 13.2. The Bertz CT molecular complexity index is 369. The topological polar surface area (TPSA) is 75.3 Å². The summed E-state index contributed by atoms with van der Waals surface area (Å²) in [5, 5.41) is 11.6. The molecule has 0 atom stereocenters. The molecule has 1 aromatic rings. The average Bonchev–Trinajstić information content (AvgIpc) is 2.24. The number of phenols is 1. The Balaban J connectivity index is 2.53. The number of rotatable bonds is 5. The van der Waals surface area contributed by atoms with Crippen molar-refractivity contribution in [2.45, 2.75) is 12.8 Å². The van der Waals surface area contributed by atoms with Crippen LogP contribution in [0.25, 0.3) is 0 Å². The molecule has 0 radical (unpaired) electrons. The minimum absolute atomic E-state index is 0.0643. The molecule has 0 spiro atoms. The summed E-state index contributed by atoms with van der Waals surface area (Å²) in [4.78, 5) is 11.5. The number of carbonyl (C=O) groups is 1. The van der Waals surface area contributed by atoms with Gasteiger partial charge in [-0.15, -0.1) is 0 Å². The molecular weight excluding hydrogens is 211 g/mol. The minimum atomic E-state index is -0.726. The zero-order valence-electron chi connectivity index (χ0n) is 8.87. The van der Waals surface area contributed by atoms with E-state index in [0.717, 1.165) is 18.9 Å². The molecule has 1 aromatic carbocycles. The lowest BCUT2D eigenvalue weighted by Crippen LogP contribution is -2.25. The van der Waals surface area contributed by atoms with Gasteiger partial charge in [-0.05, 0) is 31.5 Å². The quantitative estimate of drug-likeness (QED) is 0.656. The number of benzene rings is 1. The van der Waals surface area contributed by atoms with Gasteiger partial charge in [0.25, 0.3) is 5.91 Å². The van der Waals surface area contributed by atoms with Gasteiger partial charge in [-0.1, -0.05) is 0 Å². The third kappa shape index (κ3) is 3.51. The van der Waals surface area contributed by atoms with Crippen LogP contribution in [-0.4, -0.2) is 24.1 Å². The summed E-state index contributed by atoms with van der Waals surface area (Å²) >= 11 is 0. The summed E-state index contributed by atoms with van der Waals surface area (Å²) in [5.74, 6) is -1.40. The third-order valence-corrected chi connectivity index (χ3v) is 2.11. The van der Waals surface area contributed by atoms with Crippen LogP contribution in [0.3, 0.4) is 0 Å². The Morgan fingerprint density at radius 3 is 2.81 bits per heavy atom. The summed E-state index contributed by atoms with van der Waals surface area (Å²) in [6.07, 6.45) is 1.58. The molecule has 1 rings (SSSR count). The fourth-order valence-corrected chi connectivity index (χ4v) is 1.25. The van der Waals surface area contributed by atoms with Crippen molar-refractivity contribution in [2.75, 3.05) is 13.1 Å². The molecule has 4 N–H and O–H groups in total. The van der Waals surface area contributed by atoms with Gasteiger partial charge in [0.1, 0.15) is 11.6 Å². The number of hydrogen-bond acceptors (Lipinski definition) is 3. The van der Waals surface area contributed by atoms with Crippen molar-refractivity contribution in [1.82, 2.24) is 5.32 Å². The molecule has 0 heterocycles. The van der Waals surface area contributed by atoms with E-state index in [4.69, 9.17) is 10.8 Å². The molecule has 1 amide bonds. The van der Waals surface area contributed by atoms with Gasteiger partial charge in [-0.25, -0.2) is 4.39 Å². The van der Waals surface area contributed by atoms with Crippen LogP contribution >= 0.6 is 0 Å². The second-order valence-corrected chi connectivity index (χ2v) is 3.42. The molecular formula is C11H15FN2O2. The predicted octanol–water partition coefficient (Wildman–Crippen LogP) is 1.00. The van der Waals surface area contributed by atoms with E-state index >= 15 is 0 Å². The van der Waals surface area contributed by atoms with Gasteiger partial charge < -0.3 is 16.2 Å². The van der Waals surface area contributed by atoms with E-state index < -0.39 is 11.7 Å². The molecule has 0 saturated heterocycles. The van der Waals surface area contributed by atoms with Crippen molar-refractivity contribution < 1.29 is 14.3 Å². The second-order valence-electron chi connectivity index (χ2n) is 3.42. The molecule has 16 heavy (non-hydrogen) atoms. The zero-order valence-corrected chi connectivity index (χ0v) is 8.87. The van der Waals surface area contributed by atoms with Crippen LogP contribution in [0.2, 0.25) is 0 Å². The van der Waals surface area contributed by atoms with Crippen LogP contribution in [0.15, 0.2) is 18.2 Å². The van der Waals surface area contributed by atoms with E-state index in [2.05, 4.69) is 5.32 Å². The van der Waals surface area contributed by atoms with Crippen molar-refractivity contribution in [2.24, 2.45) is 5.73 Å².